The normalized spacial score (nSPS) is 15.2. The Morgan fingerprint density at radius 2 is 1.87 bits per heavy atom. The van der Waals surface area contributed by atoms with Crippen molar-refractivity contribution >= 4 is 46.3 Å². The summed E-state index contributed by atoms with van der Waals surface area (Å²) in [7, 11) is 0. The molecule has 9 heteroatoms. The van der Waals surface area contributed by atoms with Crippen molar-refractivity contribution in [1.29, 1.82) is 0 Å². The van der Waals surface area contributed by atoms with Gasteiger partial charge in [-0.05, 0) is 48.5 Å². The summed E-state index contributed by atoms with van der Waals surface area (Å²) in [5.41, 5.74) is 2.20. The monoisotopic (exact) mass is 454 g/mol. The van der Waals surface area contributed by atoms with Crippen molar-refractivity contribution in [1.82, 2.24) is 4.90 Å². The highest BCUT2D eigenvalue weighted by molar-refractivity contribution is 8.18. The van der Waals surface area contributed by atoms with Crippen molar-refractivity contribution in [2.24, 2.45) is 0 Å². The maximum absolute atomic E-state index is 12.7. The highest BCUT2D eigenvalue weighted by atomic mass is 35.5. The molecule has 1 aliphatic rings. The second-order valence-electron chi connectivity index (χ2n) is 6.88. The van der Waals surface area contributed by atoms with Gasteiger partial charge in [-0.2, -0.15) is 0 Å². The third-order valence-corrected chi connectivity index (χ3v) is 5.89. The van der Waals surface area contributed by atoms with Gasteiger partial charge in [0.05, 0.1) is 16.4 Å². The minimum atomic E-state index is -0.570. The van der Waals surface area contributed by atoms with Gasteiger partial charge in [-0.1, -0.05) is 41.4 Å². The van der Waals surface area contributed by atoms with Gasteiger partial charge in [0.15, 0.2) is 0 Å². The predicted molar refractivity (Wildman–Crippen MR) is 119 cm³/mol. The van der Waals surface area contributed by atoms with E-state index in [0.717, 1.165) is 22.9 Å². The molecular formula is C22H15ClN2O5S. The highest BCUT2D eigenvalue weighted by Gasteiger charge is 2.35. The van der Waals surface area contributed by atoms with Crippen molar-refractivity contribution < 1.29 is 18.9 Å². The Bertz CT molecular complexity index is 1230. The predicted octanol–water partition coefficient (Wildman–Crippen LogP) is 6.05. The van der Waals surface area contributed by atoms with Gasteiger partial charge in [-0.15, -0.1) is 0 Å². The topological polar surface area (TPSA) is 93.7 Å². The Morgan fingerprint density at radius 3 is 2.58 bits per heavy atom. The van der Waals surface area contributed by atoms with Crippen LogP contribution >= 0.6 is 23.4 Å². The van der Waals surface area contributed by atoms with Gasteiger partial charge >= 0.3 is 0 Å². The molecule has 2 aromatic carbocycles. The van der Waals surface area contributed by atoms with E-state index in [1.165, 1.54) is 23.1 Å². The Hall–Kier alpha value is -3.36. The van der Waals surface area contributed by atoms with Gasteiger partial charge in [0.1, 0.15) is 16.5 Å². The molecule has 0 spiro atoms. The van der Waals surface area contributed by atoms with Crippen LogP contribution in [0.15, 0.2) is 63.9 Å². The van der Waals surface area contributed by atoms with Gasteiger partial charge in [0.2, 0.25) is 0 Å². The molecule has 1 saturated heterocycles. The van der Waals surface area contributed by atoms with Gasteiger partial charge in [0, 0.05) is 17.7 Å². The first kappa shape index (κ1) is 20.9. The number of rotatable bonds is 5. The van der Waals surface area contributed by atoms with Crippen LogP contribution in [-0.2, 0) is 11.3 Å². The molecule has 0 radical (unpaired) electrons. The van der Waals surface area contributed by atoms with Crippen LogP contribution in [0.1, 0.15) is 16.9 Å². The molecule has 0 bridgehead atoms. The lowest BCUT2D eigenvalue weighted by Gasteiger charge is -2.12. The molecule has 2 heterocycles. The Morgan fingerprint density at radius 1 is 1.13 bits per heavy atom. The molecule has 4 rings (SSSR count). The van der Waals surface area contributed by atoms with E-state index in [4.69, 9.17) is 16.0 Å². The molecule has 31 heavy (non-hydrogen) atoms. The molecule has 1 aromatic heterocycles. The molecule has 1 aliphatic heterocycles. The van der Waals surface area contributed by atoms with Crippen molar-refractivity contribution in [3.63, 3.8) is 0 Å². The summed E-state index contributed by atoms with van der Waals surface area (Å²) in [6.07, 6.45) is 1.49. The molecular weight excluding hydrogens is 440 g/mol. The standard InChI is InChI=1S/C22H15ClN2O5S/c1-13-2-4-14(5-3-13)12-24-21(26)20(31-22(24)27)11-16-7-9-19(30-16)15-6-8-17(23)18(10-15)25(28)29/h2-11H,12H2,1H3/b20-11-. The quantitative estimate of drug-likeness (QED) is 0.264. The third-order valence-electron chi connectivity index (χ3n) is 4.66. The molecule has 0 atom stereocenters. The van der Waals surface area contributed by atoms with E-state index in [1.807, 2.05) is 31.2 Å². The number of carbonyl (C=O) groups excluding carboxylic acids is 2. The number of nitro benzene ring substituents is 1. The number of halogens is 1. The van der Waals surface area contributed by atoms with Gasteiger partial charge < -0.3 is 4.42 Å². The first-order valence-corrected chi connectivity index (χ1v) is 10.4. The number of carbonyl (C=O) groups is 2. The number of amides is 2. The lowest BCUT2D eigenvalue weighted by Crippen LogP contribution is -2.27. The van der Waals surface area contributed by atoms with Crippen LogP contribution in [0.4, 0.5) is 10.5 Å². The molecule has 0 unspecified atom stereocenters. The Labute approximate surface area is 186 Å². The maximum Gasteiger partial charge on any atom is 0.293 e. The molecule has 0 aliphatic carbocycles. The number of hydrogen-bond acceptors (Lipinski definition) is 6. The zero-order valence-corrected chi connectivity index (χ0v) is 17.8. The fraction of sp³-hybridized carbons (Fsp3) is 0.0909. The minimum Gasteiger partial charge on any atom is -0.457 e. The van der Waals surface area contributed by atoms with E-state index >= 15 is 0 Å². The van der Waals surface area contributed by atoms with Crippen LogP contribution in [0.25, 0.3) is 17.4 Å². The summed E-state index contributed by atoms with van der Waals surface area (Å²) in [4.78, 5) is 37.0. The number of aryl methyl sites for hydroxylation is 1. The first-order chi connectivity index (χ1) is 14.8. The lowest BCUT2D eigenvalue weighted by molar-refractivity contribution is -0.384. The Kier molecular flexibility index (Phi) is 5.67. The summed E-state index contributed by atoms with van der Waals surface area (Å²) in [5.74, 6) is 0.342. The van der Waals surface area contributed by atoms with Crippen LogP contribution in [-0.4, -0.2) is 21.0 Å². The van der Waals surface area contributed by atoms with Crippen molar-refractivity contribution in [2.45, 2.75) is 13.5 Å². The maximum atomic E-state index is 12.7. The second-order valence-corrected chi connectivity index (χ2v) is 8.28. The fourth-order valence-electron chi connectivity index (χ4n) is 3.03. The molecule has 7 nitrogen and oxygen atoms in total. The van der Waals surface area contributed by atoms with Crippen LogP contribution in [0, 0.1) is 17.0 Å². The molecule has 3 aromatic rings. The smallest absolute Gasteiger partial charge is 0.293 e. The summed E-state index contributed by atoms with van der Waals surface area (Å²) in [5, 5.41) is 10.8. The molecule has 2 amide bonds. The average molecular weight is 455 g/mol. The number of hydrogen-bond donors (Lipinski definition) is 0. The van der Waals surface area contributed by atoms with Gasteiger partial charge in [-0.3, -0.25) is 24.6 Å². The number of nitro groups is 1. The largest absolute Gasteiger partial charge is 0.457 e. The summed E-state index contributed by atoms with van der Waals surface area (Å²) < 4.78 is 5.72. The van der Waals surface area contributed by atoms with E-state index in [2.05, 4.69) is 0 Å². The Balaban J connectivity index is 1.55. The molecule has 1 fully saturated rings. The van der Waals surface area contributed by atoms with E-state index in [0.29, 0.717) is 17.1 Å². The average Bonchev–Trinajstić information content (AvgIpc) is 3.30. The van der Waals surface area contributed by atoms with Crippen molar-refractivity contribution in [3.8, 4) is 11.3 Å². The van der Waals surface area contributed by atoms with E-state index in [-0.39, 0.29) is 27.4 Å². The third kappa shape index (κ3) is 4.40. The second kappa shape index (κ2) is 8.41. The SMILES string of the molecule is Cc1ccc(CN2C(=O)S/C(=C\c3ccc(-c4ccc(Cl)c([N+](=O)[O-])c4)o3)C2=O)cc1. The number of furan rings is 1. The fourth-order valence-corrected chi connectivity index (χ4v) is 4.04. The zero-order chi connectivity index (χ0) is 22.1. The van der Waals surface area contributed by atoms with Crippen LogP contribution in [0.5, 0.6) is 0 Å². The van der Waals surface area contributed by atoms with Crippen LogP contribution in [0.3, 0.4) is 0 Å². The summed E-state index contributed by atoms with van der Waals surface area (Å²) in [6.45, 7) is 2.16. The zero-order valence-electron chi connectivity index (χ0n) is 16.2. The number of thioether (sulfide) groups is 1. The highest BCUT2D eigenvalue weighted by Crippen LogP contribution is 2.35. The number of nitrogens with zero attached hydrogens (tertiary/aromatic N) is 2. The molecule has 0 N–H and O–H groups in total. The first-order valence-electron chi connectivity index (χ1n) is 9.17. The van der Waals surface area contributed by atoms with Gasteiger partial charge in [0.25, 0.3) is 16.8 Å². The number of imide groups is 1. The van der Waals surface area contributed by atoms with E-state index in [9.17, 15) is 19.7 Å². The van der Waals surface area contributed by atoms with E-state index < -0.39 is 10.8 Å². The summed E-state index contributed by atoms with van der Waals surface area (Å²) in [6, 6.07) is 15.2. The minimum absolute atomic E-state index is 0.0304. The lowest BCUT2D eigenvalue weighted by atomic mass is 10.1. The van der Waals surface area contributed by atoms with Crippen molar-refractivity contribution in [3.05, 3.63) is 91.5 Å². The number of benzene rings is 2. The molecule has 156 valence electrons. The van der Waals surface area contributed by atoms with Crippen LogP contribution in [0.2, 0.25) is 5.02 Å². The van der Waals surface area contributed by atoms with Crippen molar-refractivity contribution in [2.75, 3.05) is 0 Å². The summed E-state index contributed by atoms with van der Waals surface area (Å²) >= 11 is 6.69. The van der Waals surface area contributed by atoms with Crippen LogP contribution < -0.4 is 0 Å². The van der Waals surface area contributed by atoms with Gasteiger partial charge in [-0.25, -0.2) is 0 Å². The molecule has 0 saturated carbocycles. The van der Waals surface area contributed by atoms with E-state index in [1.54, 1.807) is 18.2 Å².